The smallest absolute Gasteiger partial charge is 0.353 e. The molecule has 0 saturated heterocycles. The number of aromatic carboxylic acids is 1. The Morgan fingerprint density at radius 1 is 1.38 bits per heavy atom. The Kier molecular flexibility index (Phi) is 2.66. The van der Waals surface area contributed by atoms with Crippen molar-refractivity contribution < 1.29 is 9.90 Å². The van der Waals surface area contributed by atoms with Crippen LogP contribution in [0.15, 0.2) is 39.6 Å². The largest absolute Gasteiger partial charge is 0.477 e. The monoisotopic (exact) mass is 282 g/mol. The van der Waals surface area contributed by atoms with Gasteiger partial charge in [0.1, 0.15) is 5.69 Å². The fraction of sp³-hybridized carbons (Fsp3) is 0. The number of H-pyrrole nitrogens is 1. The maximum Gasteiger partial charge on any atom is 0.353 e. The number of hydrogen-bond acceptors (Lipinski definition) is 2. The van der Waals surface area contributed by atoms with Crippen LogP contribution in [-0.2, 0) is 0 Å². The van der Waals surface area contributed by atoms with Crippen LogP contribution < -0.4 is 5.56 Å². The van der Waals surface area contributed by atoms with Crippen LogP contribution in [0.2, 0.25) is 0 Å². The molecule has 1 aromatic carbocycles. The highest BCUT2D eigenvalue weighted by atomic mass is 79.9. The lowest BCUT2D eigenvalue weighted by Gasteiger charge is -2.01. The maximum absolute atomic E-state index is 11.5. The molecule has 1 heterocycles. The third-order valence-corrected chi connectivity index (χ3v) is 2.51. The number of aromatic nitrogens is 2. The van der Waals surface area contributed by atoms with Crippen molar-refractivity contribution in [1.82, 2.24) is 9.78 Å². The molecule has 2 rings (SSSR count). The summed E-state index contributed by atoms with van der Waals surface area (Å²) < 4.78 is 1.98. The minimum atomic E-state index is -1.16. The van der Waals surface area contributed by atoms with Gasteiger partial charge in [-0.25, -0.2) is 9.48 Å². The van der Waals surface area contributed by atoms with Gasteiger partial charge in [-0.15, -0.1) is 0 Å². The summed E-state index contributed by atoms with van der Waals surface area (Å²) in [6, 6.07) is 8.03. The summed E-state index contributed by atoms with van der Waals surface area (Å²) in [4.78, 5) is 22.2. The zero-order valence-electron chi connectivity index (χ0n) is 7.98. The molecule has 0 aliphatic carbocycles. The zero-order valence-corrected chi connectivity index (χ0v) is 9.56. The molecule has 0 fully saturated rings. The number of benzene rings is 1. The lowest BCUT2D eigenvalue weighted by Crippen LogP contribution is -2.13. The van der Waals surface area contributed by atoms with Gasteiger partial charge in [0, 0.05) is 10.5 Å². The fourth-order valence-electron chi connectivity index (χ4n) is 1.31. The highest BCUT2D eigenvalue weighted by molar-refractivity contribution is 9.10. The number of aromatic amines is 1. The molecule has 0 atom stereocenters. The first-order valence-electron chi connectivity index (χ1n) is 4.39. The van der Waals surface area contributed by atoms with E-state index < -0.39 is 11.5 Å². The van der Waals surface area contributed by atoms with Crippen LogP contribution in [0.3, 0.4) is 0 Å². The Labute approximate surface area is 98.4 Å². The van der Waals surface area contributed by atoms with Crippen molar-refractivity contribution in [2.75, 3.05) is 0 Å². The Balaban J connectivity index is 2.56. The Morgan fingerprint density at radius 3 is 2.69 bits per heavy atom. The zero-order chi connectivity index (χ0) is 11.7. The van der Waals surface area contributed by atoms with Crippen molar-refractivity contribution in [3.8, 4) is 5.69 Å². The molecule has 16 heavy (non-hydrogen) atoms. The van der Waals surface area contributed by atoms with Crippen molar-refractivity contribution in [3.05, 3.63) is 50.9 Å². The predicted molar refractivity (Wildman–Crippen MR) is 61.0 cm³/mol. The number of nitrogens with one attached hydrogen (secondary N) is 1. The molecule has 0 saturated carbocycles. The van der Waals surface area contributed by atoms with E-state index in [1.165, 1.54) is 4.68 Å². The number of carboxylic acids is 1. The van der Waals surface area contributed by atoms with Crippen molar-refractivity contribution in [1.29, 1.82) is 0 Å². The lowest BCUT2D eigenvalue weighted by atomic mass is 10.3. The van der Waals surface area contributed by atoms with Crippen LogP contribution in [0.1, 0.15) is 10.5 Å². The average molecular weight is 283 g/mol. The highest BCUT2D eigenvalue weighted by Crippen LogP contribution is 2.13. The number of nitrogens with zero attached hydrogens (tertiary/aromatic N) is 1. The average Bonchev–Trinajstić information content (AvgIpc) is 2.60. The molecular weight excluding hydrogens is 276 g/mol. The topological polar surface area (TPSA) is 75.1 Å². The minimum Gasteiger partial charge on any atom is -0.477 e. The van der Waals surface area contributed by atoms with Crippen molar-refractivity contribution in [2.24, 2.45) is 0 Å². The summed E-state index contributed by atoms with van der Waals surface area (Å²) in [6.07, 6.45) is 0. The van der Waals surface area contributed by atoms with Crippen molar-refractivity contribution in [2.45, 2.75) is 0 Å². The second-order valence-electron chi connectivity index (χ2n) is 3.13. The van der Waals surface area contributed by atoms with Crippen LogP contribution in [0.5, 0.6) is 0 Å². The molecule has 2 aromatic rings. The van der Waals surface area contributed by atoms with E-state index in [9.17, 15) is 9.59 Å². The molecule has 5 nitrogen and oxygen atoms in total. The van der Waals surface area contributed by atoms with Gasteiger partial charge in [-0.2, -0.15) is 0 Å². The van der Waals surface area contributed by atoms with Crippen LogP contribution in [0, 0.1) is 0 Å². The molecule has 0 unspecified atom stereocenters. The van der Waals surface area contributed by atoms with Crippen LogP contribution in [-0.4, -0.2) is 20.9 Å². The fourth-order valence-corrected chi connectivity index (χ4v) is 1.70. The minimum absolute atomic E-state index is 0.134. The van der Waals surface area contributed by atoms with Gasteiger partial charge >= 0.3 is 5.97 Å². The number of carbonyl (C=O) groups is 1. The van der Waals surface area contributed by atoms with E-state index >= 15 is 0 Å². The second-order valence-corrected chi connectivity index (χ2v) is 4.04. The van der Waals surface area contributed by atoms with E-state index in [0.717, 1.165) is 10.5 Å². The van der Waals surface area contributed by atoms with Crippen LogP contribution in [0.25, 0.3) is 5.69 Å². The molecule has 6 heteroatoms. The van der Waals surface area contributed by atoms with Gasteiger partial charge in [-0.05, 0) is 18.2 Å². The Hall–Kier alpha value is -1.82. The van der Waals surface area contributed by atoms with Gasteiger partial charge < -0.3 is 5.11 Å². The third kappa shape index (κ3) is 1.92. The number of halogens is 1. The van der Waals surface area contributed by atoms with Gasteiger partial charge in [0.05, 0.1) is 5.69 Å². The first-order valence-corrected chi connectivity index (χ1v) is 5.18. The highest BCUT2D eigenvalue weighted by Gasteiger charge is 2.10. The maximum atomic E-state index is 11.5. The quantitative estimate of drug-likeness (QED) is 0.879. The molecule has 0 bridgehead atoms. The molecule has 0 aliphatic heterocycles. The molecule has 2 N–H and O–H groups in total. The van der Waals surface area contributed by atoms with Gasteiger partial charge in [0.15, 0.2) is 0 Å². The van der Waals surface area contributed by atoms with Crippen LogP contribution in [0.4, 0.5) is 0 Å². The van der Waals surface area contributed by atoms with Crippen LogP contribution >= 0.6 is 15.9 Å². The number of hydrogen-bond donors (Lipinski definition) is 2. The number of rotatable bonds is 2. The van der Waals surface area contributed by atoms with Crippen molar-refractivity contribution in [3.63, 3.8) is 0 Å². The second kappa shape index (κ2) is 3.97. The van der Waals surface area contributed by atoms with Gasteiger partial charge in [0.2, 0.25) is 0 Å². The predicted octanol–water partition coefficient (Wildman–Crippen LogP) is 1.63. The van der Waals surface area contributed by atoms with E-state index in [0.29, 0.717) is 5.69 Å². The summed E-state index contributed by atoms with van der Waals surface area (Å²) in [6.45, 7) is 0. The van der Waals surface area contributed by atoms with E-state index in [1.54, 1.807) is 18.2 Å². The summed E-state index contributed by atoms with van der Waals surface area (Å²) in [5.41, 5.74) is 0.0346. The van der Waals surface area contributed by atoms with Gasteiger partial charge in [0.25, 0.3) is 5.56 Å². The third-order valence-electron chi connectivity index (χ3n) is 2.02. The first kappa shape index (κ1) is 10.7. The Bertz CT molecular complexity index is 600. The molecule has 0 amide bonds. The van der Waals surface area contributed by atoms with E-state index in [-0.39, 0.29) is 5.69 Å². The summed E-state index contributed by atoms with van der Waals surface area (Å²) >= 11 is 3.27. The lowest BCUT2D eigenvalue weighted by molar-refractivity contribution is 0.0690. The van der Waals surface area contributed by atoms with E-state index in [4.69, 9.17) is 5.11 Å². The summed E-state index contributed by atoms with van der Waals surface area (Å²) in [5.74, 6) is -1.16. The first-order chi connectivity index (χ1) is 7.58. The molecule has 0 radical (unpaired) electrons. The molecule has 0 aliphatic rings. The van der Waals surface area contributed by atoms with E-state index in [2.05, 4.69) is 21.0 Å². The van der Waals surface area contributed by atoms with Gasteiger partial charge in [-0.1, -0.05) is 22.0 Å². The molecular formula is C10H7BrN2O3. The normalized spacial score (nSPS) is 10.3. The van der Waals surface area contributed by atoms with Gasteiger partial charge in [-0.3, -0.25) is 9.89 Å². The summed E-state index contributed by atoms with van der Waals surface area (Å²) in [7, 11) is 0. The molecule has 0 spiro atoms. The molecule has 1 aromatic heterocycles. The van der Waals surface area contributed by atoms with E-state index in [1.807, 2.05) is 6.07 Å². The van der Waals surface area contributed by atoms with Crippen molar-refractivity contribution >= 4 is 21.9 Å². The molecule has 82 valence electrons. The Morgan fingerprint density at radius 2 is 2.12 bits per heavy atom. The SMILES string of the molecule is O=C(O)c1cc(=O)n(-c2cccc(Br)c2)[nH]1. The standard InChI is InChI=1S/C10H7BrN2O3/c11-6-2-1-3-7(4-6)13-9(14)5-8(12-13)10(15)16/h1-5,12H,(H,15,16). The summed E-state index contributed by atoms with van der Waals surface area (Å²) in [5, 5.41) is 11.2. The number of carboxylic acid groups (broad SMARTS) is 1.